The molecule has 1 aromatic rings. The van der Waals surface area contributed by atoms with Crippen LogP contribution in [0.1, 0.15) is 45.4 Å². The molecule has 0 radical (unpaired) electrons. The normalized spacial score (nSPS) is 17.2. The van der Waals surface area contributed by atoms with Crippen LogP contribution in [-0.4, -0.2) is 22.7 Å². The van der Waals surface area contributed by atoms with Crippen molar-refractivity contribution in [1.82, 2.24) is 9.97 Å². The fourth-order valence-corrected chi connectivity index (χ4v) is 2.23. The molecule has 1 fully saturated rings. The van der Waals surface area contributed by atoms with Gasteiger partial charge in [0.2, 0.25) is 11.8 Å². The molecule has 0 bridgehead atoms. The van der Waals surface area contributed by atoms with Gasteiger partial charge in [0.25, 0.3) is 0 Å². The standard InChI is InChI=1S/C13H21N3O2/c1-2-17-12-11(14)13(16-9-15-12)18-10-7-5-3-4-6-8-10/h9-10H,2-8,14H2,1H3. The lowest BCUT2D eigenvalue weighted by molar-refractivity contribution is 0.176. The zero-order valence-corrected chi connectivity index (χ0v) is 10.9. The maximum atomic E-state index is 5.95. The monoisotopic (exact) mass is 251 g/mol. The predicted molar refractivity (Wildman–Crippen MR) is 69.7 cm³/mol. The highest BCUT2D eigenvalue weighted by molar-refractivity contribution is 5.55. The van der Waals surface area contributed by atoms with E-state index < -0.39 is 0 Å². The van der Waals surface area contributed by atoms with Gasteiger partial charge in [0.15, 0.2) is 5.69 Å². The second-order valence-electron chi connectivity index (χ2n) is 4.56. The van der Waals surface area contributed by atoms with Crippen molar-refractivity contribution in [2.24, 2.45) is 0 Å². The molecule has 1 aromatic heterocycles. The highest BCUT2D eigenvalue weighted by Crippen LogP contribution is 2.29. The molecule has 2 rings (SSSR count). The van der Waals surface area contributed by atoms with Crippen molar-refractivity contribution < 1.29 is 9.47 Å². The molecule has 0 saturated heterocycles. The van der Waals surface area contributed by atoms with Crippen LogP contribution in [0.4, 0.5) is 5.69 Å². The summed E-state index contributed by atoms with van der Waals surface area (Å²) in [7, 11) is 0. The van der Waals surface area contributed by atoms with E-state index in [0.29, 0.717) is 24.1 Å². The van der Waals surface area contributed by atoms with Crippen LogP contribution in [0.3, 0.4) is 0 Å². The Morgan fingerprint density at radius 2 is 1.83 bits per heavy atom. The topological polar surface area (TPSA) is 70.3 Å². The van der Waals surface area contributed by atoms with Crippen LogP contribution in [0.2, 0.25) is 0 Å². The smallest absolute Gasteiger partial charge is 0.244 e. The molecule has 1 aliphatic rings. The van der Waals surface area contributed by atoms with Gasteiger partial charge in [-0.05, 0) is 32.6 Å². The van der Waals surface area contributed by atoms with Crippen molar-refractivity contribution >= 4 is 5.69 Å². The number of nitrogen functional groups attached to an aromatic ring is 1. The van der Waals surface area contributed by atoms with Crippen molar-refractivity contribution in [3.63, 3.8) is 0 Å². The Bertz CT molecular complexity index is 376. The van der Waals surface area contributed by atoms with Crippen LogP contribution in [0.15, 0.2) is 6.33 Å². The van der Waals surface area contributed by atoms with Crippen molar-refractivity contribution in [2.45, 2.75) is 51.6 Å². The molecule has 1 heterocycles. The first kappa shape index (κ1) is 12.9. The van der Waals surface area contributed by atoms with E-state index in [1.165, 1.54) is 32.0 Å². The largest absolute Gasteiger partial charge is 0.476 e. The molecule has 0 atom stereocenters. The first-order chi connectivity index (χ1) is 8.81. The lowest BCUT2D eigenvalue weighted by Crippen LogP contribution is -2.17. The van der Waals surface area contributed by atoms with E-state index >= 15 is 0 Å². The van der Waals surface area contributed by atoms with Crippen molar-refractivity contribution in [1.29, 1.82) is 0 Å². The van der Waals surface area contributed by atoms with Crippen LogP contribution in [0, 0.1) is 0 Å². The van der Waals surface area contributed by atoms with Gasteiger partial charge in [-0.25, -0.2) is 0 Å². The van der Waals surface area contributed by atoms with E-state index in [1.54, 1.807) is 0 Å². The molecule has 0 amide bonds. The first-order valence-corrected chi connectivity index (χ1v) is 6.71. The summed E-state index contributed by atoms with van der Waals surface area (Å²) >= 11 is 0. The van der Waals surface area contributed by atoms with Crippen molar-refractivity contribution in [2.75, 3.05) is 12.3 Å². The van der Waals surface area contributed by atoms with Gasteiger partial charge in [-0.15, -0.1) is 0 Å². The fraction of sp³-hybridized carbons (Fsp3) is 0.692. The number of aromatic nitrogens is 2. The minimum atomic E-state index is 0.221. The number of anilines is 1. The Morgan fingerprint density at radius 3 is 2.50 bits per heavy atom. The molecule has 2 N–H and O–H groups in total. The Hall–Kier alpha value is -1.52. The van der Waals surface area contributed by atoms with Gasteiger partial charge in [0.1, 0.15) is 12.4 Å². The number of hydrogen-bond donors (Lipinski definition) is 1. The summed E-state index contributed by atoms with van der Waals surface area (Å²) in [5.41, 5.74) is 6.36. The van der Waals surface area contributed by atoms with E-state index in [1.807, 2.05) is 6.92 Å². The quantitative estimate of drug-likeness (QED) is 0.833. The van der Waals surface area contributed by atoms with Crippen molar-refractivity contribution in [3.05, 3.63) is 6.33 Å². The van der Waals surface area contributed by atoms with E-state index in [0.717, 1.165) is 12.8 Å². The van der Waals surface area contributed by atoms with Gasteiger partial charge in [-0.2, -0.15) is 9.97 Å². The molecule has 100 valence electrons. The Morgan fingerprint density at radius 1 is 1.17 bits per heavy atom. The second kappa shape index (κ2) is 6.42. The maximum Gasteiger partial charge on any atom is 0.244 e. The van der Waals surface area contributed by atoms with E-state index in [9.17, 15) is 0 Å². The summed E-state index contributed by atoms with van der Waals surface area (Å²) in [6.45, 7) is 2.43. The van der Waals surface area contributed by atoms with Gasteiger partial charge in [0.05, 0.1) is 6.61 Å². The number of nitrogens with two attached hydrogens (primary N) is 1. The molecule has 5 heteroatoms. The summed E-state index contributed by atoms with van der Waals surface area (Å²) in [6, 6.07) is 0. The summed E-state index contributed by atoms with van der Waals surface area (Å²) in [5, 5.41) is 0. The third-order valence-corrected chi connectivity index (χ3v) is 3.17. The summed E-state index contributed by atoms with van der Waals surface area (Å²) < 4.78 is 11.2. The minimum absolute atomic E-state index is 0.221. The van der Waals surface area contributed by atoms with Crippen LogP contribution in [-0.2, 0) is 0 Å². The van der Waals surface area contributed by atoms with Gasteiger partial charge in [-0.1, -0.05) is 12.8 Å². The van der Waals surface area contributed by atoms with Gasteiger partial charge in [0, 0.05) is 0 Å². The lowest BCUT2D eigenvalue weighted by Gasteiger charge is -2.17. The lowest BCUT2D eigenvalue weighted by atomic mass is 10.1. The number of nitrogens with zero attached hydrogens (tertiary/aromatic N) is 2. The summed E-state index contributed by atoms with van der Waals surface area (Å²) in [6.07, 6.45) is 8.84. The Labute approximate surface area is 108 Å². The third-order valence-electron chi connectivity index (χ3n) is 3.17. The van der Waals surface area contributed by atoms with Crippen LogP contribution in [0.25, 0.3) is 0 Å². The van der Waals surface area contributed by atoms with Crippen LogP contribution in [0.5, 0.6) is 11.8 Å². The first-order valence-electron chi connectivity index (χ1n) is 6.71. The van der Waals surface area contributed by atoms with E-state index in [-0.39, 0.29) is 6.10 Å². The van der Waals surface area contributed by atoms with Gasteiger partial charge >= 0.3 is 0 Å². The Balaban J connectivity index is 2.05. The zero-order chi connectivity index (χ0) is 12.8. The second-order valence-corrected chi connectivity index (χ2v) is 4.56. The molecule has 0 unspecified atom stereocenters. The molecule has 0 aromatic carbocycles. The molecule has 5 nitrogen and oxygen atoms in total. The molecule has 1 saturated carbocycles. The molecule has 18 heavy (non-hydrogen) atoms. The SMILES string of the molecule is CCOc1ncnc(OC2CCCCCC2)c1N. The van der Waals surface area contributed by atoms with Crippen LogP contribution < -0.4 is 15.2 Å². The highest BCUT2D eigenvalue weighted by atomic mass is 16.5. The molecule has 0 spiro atoms. The molecule has 1 aliphatic carbocycles. The fourth-order valence-electron chi connectivity index (χ4n) is 2.23. The Kier molecular flexibility index (Phi) is 4.61. The average molecular weight is 251 g/mol. The molecular weight excluding hydrogens is 230 g/mol. The number of rotatable bonds is 4. The average Bonchev–Trinajstić information content (AvgIpc) is 2.63. The minimum Gasteiger partial charge on any atom is -0.476 e. The van der Waals surface area contributed by atoms with E-state index in [4.69, 9.17) is 15.2 Å². The summed E-state index contributed by atoms with van der Waals surface area (Å²) in [4.78, 5) is 8.11. The van der Waals surface area contributed by atoms with Crippen molar-refractivity contribution in [3.8, 4) is 11.8 Å². The van der Waals surface area contributed by atoms with Crippen LogP contribution >= 0.6 is 0 Å². The highest BCUT2D eigenvalue weighted by Gasteiger charge is 2.17. The third kappa shape index (κ3) is 3.24. The maximum absolute atomic E-state index is 5.95. The number of hydrogen-bond acceptors (Lipinski definition) is 5. The van der Waals surface area contributed by atoms with Gasteiger partial charge in [-0.3, -0.25) is 0 Å². The van der Waals surface area contributed by atoms with Gasteiger partial charge < -0.3 is 15.2 Å². The number of ether oxygens (including phenoxy) is 2. The molecular formula is C13H21N3O2. The zero-order valence-electron chi connectivity index (χ0n) is 10.9. The van der Waals surface area contributed by atoms with E-state index in [2.05, 4.69) is 9.97 Å². The predicted octanol–water partition coefficient (Wildman–Crippen LogP) is 2.56. The summed E-state index contributed by atoms with van der Waals surface area (Å²) in [5.74, 6) is 0.872. The molecule has 0 aliphatic heterocycles.